The van der Waals surface area contributed by atoms with Gasteiger partial charge in [-0.2, -0.15) is 0 Å². The first kappa shape index (κ1) is 12.5. The number of carbonyl (C=O) groups is 2. The summed E-state index contributed by atoms with van der Waals surface area (Å²) in [6.07, 6.45) is 4.87. The maximum absolute atomic E-state index is 11.8. The number of carboxylic acid groups (broad SMARTS) is 1. The van der Waals surface area contributed by atoms with Crippen LogP contribution in [0.2, 0.25) is 0 Å². The topological polar surface area (TPSA) is 69.6 Å². The second-order valence-corrected chi connectivity index (χ2v) is 5.64. The van der Waals surface area contributed by atoms with E-state index in [1.807, 2.05) is 0 Å². The Kier molecular flexibility index (Phi) is 4.15. The minimum Gasteiger partial charge on any atom is -0.480 e. The zero-order valence-corrected chi connectivity index (χ0v) is 10.5. The predicted molar refractivity (Wildman–Crippen MR) is 65.9 cm³/mol. The van der Waals surface area contributed by atoms with Crippen molar-refractivity contribution in [1.29, 1.82) is 0 Å². The number of aliphatic carboxylic acids is 1. The average molecular weight is 258 g/mol. The van der Waals surface area contributed by atoms with Crippen LogP contribution < -0.4 is 5.32 Å². The summed E-state index contributed by atoms with van der Waals surface area (Å²) in [7, 11) is 0. The summed E-state index contributed by atoms with van der Waals surface area (Å²) < 4.78 is 0. The van der Waals surface area contributed by atoms with Gasteiger partial charge in [0.2, 0.25) is 0 Å². The Bertz CT molecular complexity index is 307. The van der Waals surface area contributed by atoms with Crippen LogP contribution in [0.25, 0.3) is 0 Å². The Morgan fingerprint density at radius 2 is 2.18 bits per heavy atom. The molecule has 0 radical (unpaired) electrons. The number of carbonyl (C=O) groups excluding carboxylic acids is 1. The fourth-order valence-electron chi connectivity index (χ4n) is 2.11. The molecule has 1 atom stereocenters. The zero-order chi connectivity index (χ0) is 12.3. The van der Waals surface area contributed by atoms with Crippen LogP contribution in [0.1, 0.15) is 25.7 Å². The maximum atomic E-state index is 11.8. The van der Waals surface area contributed by atoms with Crippen molar-refractivity contribution in [1.82, 2.24) is 10.2 Å². The lowest BCUT2D eigenvalue weighted by Crippen LogP contribution is -2.47. The van der Waals surface area contributed by atoms with Gasteiger partial charge in [-0.1, -0.05) is 19.3 Å². The first-order valence-electron chi connectivity index (χ1n) is 6.03. The molecule has 96 valence electrons. The number of amides is 2. The van der Waals surface area contributed by atoms with Gasteiger partial charge in [0.15, 0.2) is 0 Å². The average Bonchev–Trinajstić information content (AvgIpc) is 2.70. The van der Waals surface area contributed by atoms with E-state index in [1.54, 1.807) is 0 Å². The number of rotatable bonds is 4. The van der Waals surface area contributed by atoms with E-state index in [2.05, 4.69) is 5.32 Å². The van der Waals surface area contributed by atoms with Crippen LogP contribution in [0.15, 0.2) is 0 Å². The van der Waals surface area contributed by atoms with Crippen molar-refractivity contribution in [3.8, 4) is 0 Å². The summed E-state index contributed by atoms with van der Waals surface area (Å²) in [5.41, 5.74) is 0. The molecule has 1 saturated heterocycles. The molecule has 0 aromatic carbocycles. The number of hydrogen-bond donors (Lipinski definition) is 2. The van der Waals surface area contributed by atoms with Gasteiger partial charge in [0.05, 0.1) is 5.88 Å². The standard InChI is InChI=1S/C11H18N2O3S/c14-10(15)9-6-17-7-13(9)11(16)12-5-4-8-2-1-3-8/h8-9H,1-7H2,(H,12,16)(H,14,15). The fourth-order valence-corrected chi connectivity index (χ4v) is 3.26. The molecule has 1 unspecified atom stereocenters. The quantitative estimate of drug-likeness (QED) is 0.798. The van der Waals surface area contributed by atoms with Crippen molar-refractivity contribution >= 4 is 23.8 Å². The van der Waals surface area contributed by atoms with Crippen molar-refractivity contribution in [3.05, 3.63) is 0 Å². The van der Waals surface area contributed by atoms with E-state index < -0.39 is 12.0 Å². The number of urea groups is 1. The van der Waals surface area contributed by atoms with Crippen molar-refractivity contribution < 1.29 is 14.7 Å². The second kappa shape index (κ2) is 5.62. The SMILES string of the molecule is O=C(O)C1CSCN1C(=O)NCCC1CCC1. The minimum atomic E-state index is -0.913. The van der Waals surface area contributed by atoms with E-state index in [4.69, 9.17) is 5.11 Å². The van der Waals surface area contributed by atoms with Gasteiger partial charge in [-0.05, 0) is 12.3 Å². The minimum absolute atomic E-state index is 0.235. The van der Waals surface area contributed by atoms with E-state index in [0.717, 1.165) is 12.3 Å². The lowest BCUT2D eigenvalue weighted by molar-refractivity contribution is -0.140. The summed E-state index contributed by atoms with van der Waals surface area (Å²) in [5, 5.41) is 11.8. The molecule has 2 fully saturated rings. The lowest BCUT2D eigenvalue weighted by atomic mass is 9.83. The van der Waals surface area contributed by atoms with Crippen LogP contribution in [0, 0.1) is 5.92 Å². The lowest BCUT2D eigenvalue weighted by Gasteiger charge is -2.26. The summed E-state index contributed by atoms with van der Waals surface area (Å²) in [4.78, 5) is 24.1. The van der Waals surface area contributed by atoms with Crippen molar-refractivity contribution in [2.24, 2.45) is 5.92 Å². The molecule has 1 aliphatic carbocycles. The highest BCUT2D eigenvalue weighted by molar-refractivity contribution is 7.99. The van der Waals surface area contributed by atoms with Crippen LogP contribution in [0.5, 0.6) is 0 Å². The maximum Gasteiger partial charge on any atom is 0.327 e. The third kappa shape index (κ3) is 3.06. The monoisotopic (exact) mass is 258 g/mol. The summed E-state index contributed by atoms with van der Waals surface area (Å²) in [6, 6.07) is -0.898. The Hall–Kier alpha value is -0.910. The van der Waals surface area contributed by atoms with Crippen molar-refractivity contribution in [2.75, 3.05) is 18.2 Å². The first-order valence-corrected chi connectivity index (χ1v) is 7.19. The molecule has 2 N–H and O–H groups in total. The number of hydrogen-bond acceptors (Lipinski definition) is 3. The highest BCUT2D eigenvalue weighted by Gasteiger charge is 2.34. The van der Waals surface area contributed by atoms with Gasteiger partial charge in [0.1, 0.15) is 6.04 Å². The van der Waals surface area contributed by atoms with Crippen LogP contribution in [0.4, 0.5) is 4.79 Å². The molecule has 1 heterocycles. The van der Waals surface area contributed by atoms with Crippen molar-refractivity contribution in [2.45, 2.75) is 31.7 Å². The Labute approximate surface area is 105 Å². The molecule has 1 saturated carbocycles. The highest BCUT2D eigenvalue weighted by Crippen LogP contribution is 2.28. The number of thioether (sulfide) groups is 1. The molecule has 1 aliphatic heterocycles. The largest absolute Gasteiger partial charge is 0.480 e. The van der Waals surface area contributed by atoms with Crippen LogP contribution >= 0.6 is 11.8 Å². The van der Waals surface area contributed by atoms with Gasteiger partial charge in [-0.15, -0.1) is 11.8 Å². The fraction of sp³-hybridized carbons (Fsp3) is 0.818. The smallest absolute Gasteiger partial charge is 0.327 e. The summed E-state index contributed by atoms with van der Waals surface area (Å²) >= 11 is 1.49. The van der Waals surface area contributed by atoms with Gasteiger partial charge in [-0.25, -0.2) is 9.59 Å². The molecule has 2 amide bonds. The van der Waals surface area contributed by atoms with Gasteiger partial charge in [0, 0.05) is 12.3 Å². The molecule has 0 spiro atoms. The van der Waals surface area contributed by atoms with E-state index >= 15 is 0 Å². The normalized spacial score (nSPS) is 24.5. The number of nitrogens with zero attached hydrogens (tertiary/aromatic N) is 1. The Morgan fingerprint density at radius 3 is 2.76 bits per heavy atom. The summed E-state index contributed by atoms with van der Waals surface area (Å²) in [6.45, 7) is 0.664. The number of carboxylic acids is 1. The van der Waals surface area contributed by atoms with E-state index in [-0.39, 0.29) is 6.03 Å². The predicted octanol–water partition coefficient (Wildman–Crippen LogP) is 1.35. The molecule has 2 rings (SSSR count). The molecule has 2 aliphatic rings. The Morgan fingerprint density at radius 1 is 1.41 bits per heavy atom. The van der Waals surface area contributed by atoms with Crippen LogP contribution in [-0.4, -0.2) is 46.2 Å². The Balaban J connectivity index is 1.72. The third-order valence-corrected chi connectivity index (χ3v) is 4.49. The zero-order valence-electron chi connectivity index (χ0n) is 9.72. The molecular weight excluding hydrogens is 240 g/mol. The summed E-state index contributed by atoms with van der Waals surface area (Å²) in [5.74, 6) is 0.820. The van der Waals surface area contributed by atoms with Crippen molar-refractivity contribution in [3.63, 3.8) is 0 Å². The second-order valence-electron chi connectivity index (χ2n) is 4.64. The molecule has 17 heavy (non-hydrogen) atoms. The van der Waals surface area contributed by atoms with E-state index in [1.165, 1.54) is 35.9 Å². The third-order valence-electron chi connectivity index (χ3n) is 3.48. The van der Waals surface area contributed by atoms with Gasteiger partial charge in [0.25, 0.3) is 0 Å². The van der Waals surface area contributed by atoms with Gasteiger partial charge >= 0.3 is 12.0 Å². The van der Waals surface area contributed by atoms with Gasteiger partial charge in [-0.3, -0.25) is 0 Å². The van der Waals surface area contributed by atoms with Crippen LogP contribution in [0.3, 0.4) is 0 Å². The van der Waals surface area contributed by atoms with E-state index in [0.29, 0.717) is 18.2 Å². The molecule has 0 aromatic rings. The molecule has 0 bridgehead atoms. The molecule has 6 heteroatoms. The first-order chi connectivity index (χ1) is 8.18. The molecule has 0 aromatic heterocycles. The highest BCUT2D eigenvalue weighted by atomic mass is 32.2. The van der Waals surface area contributed by atoms with Gasteiger partial charge < -0.3 is 15.3 Å². The van der Waals surface area contributed by atoms with E-state index in [9.17, 15) is 9.59 Å². The van der Waals surface area contributed by atoms with Crippen LogP contribution in [-0.2, 0) is 4.79 Å². The number of nitrogens with one attached hydrogen (secondary N) is 1. The molecule has 5 nitrogen and oxygen atoms in total. The molecular formula is C11H18N2O3S.